The van der Waals surface area contributed by atoms with E-state index >= 15 is 0 Å². The van der Waals surface area contributed by atoms with Crippen molar-refractivity contribution in [1.29, 1.82) is 0 Å². The van der Waals surface area contributed by atoms with E-state index in [1.165, 1.54) is 48.5 Å². The highest BCUT2D eigenvalue weighted by atomic mass is 127. The van der Waals surface area contributed by atoms with Gasteiger partial charge in [-0.15, -0.1) is 0 Å². The van der Waals surface area contributed by atoms with E-state index in [-0.39, 0.29) is 0 Å². The average Bonchev–Trinajstić information content (AvgIpc) is 2.79. The lowest BCUT2D eigenvalue weighted by Gasteiger charge is -2.41. The molecule has 0 nitrogen and oxygen atoms in total. The molecule has 4 rings (SSSR count). The lowest BCUT2D eigenvalue weighted by Crippen LogP contribution is -2.29. The molecule has 3 aliphatic carbocycles. The van der Waals surface area contributed by atoms with Crippen LogP contribution in [-0.2, 0) is 0 Å². The fraction of sp³-hybridized carbons (Fsp3) is 0.786. The molecule has 1 heteroatoms. The van der Waals surface area contributed by atoms with Gasteiger partial charge in [-0.05, 0) is 140 Å². The summed E-state index contributed by atoms with van der Waals surface area (Å²) < 4.78 is 1.37. The van der Waals surface area contributed by atoms with Gasteiger partial charge in [0, 0.05) is 3.57 Å². The Hall–Kier alpha value is -0.0500. The zero-order valence-electron chi connectivity index (χ0n) is 18.8. The highest BCUT2D eigenvalue weighted by molar-refractivity contribution is 14.1. The summed E-state index contributed by atoms with van der Waals surface area (Å²) in [7, 11) is 0. The first-order valence-corrected chi connectivity index (χ1v) is 14.1. The van der Waals surface area contributed by atoms with E-state index < -0.39 is 0 Å². The van der Waals surface area contributed by atoms with Crippen molar-refractivity contribution in [2.75, 3.05) is 0 Å². The van der Waals surface area contributed by atoms with Crippen LogP contribution < -0.4 is 0 Å². The predicted octanol–water partition coefficient (Wildman–Crippen LogP) is 9.37. The first kappa shape index (κ1) is 22.2. The van der Waals surface area contributed by atoms with E-state index in [9.17, 15) is 0 Å². The van der Waals surface area contributed by atoms with Crippen LogP contribution in [-0.4, -0.2) is 0 Å². The van der Waals surface area contributed by atoms with Crippen molar-refractivity contribution in [2.45, 2.75) is 109 Å². The second kappa shape index (κ2) is 11.0. The molecule has 0 amide bonds. The van der Waals surface area contributed by atoms with Crippen molar-refractivity contribution >= 4 is 22.6 Å². The highest BCUT2D eigenvalue weighted by Gasteiger charge is 2.34. The van der Waals surface area contributed by atoms with Crippen LogP contribution in [0, 0.1) is 33.2 Å². The molecule has 0 aromatic heterocycles. The Balaban J connectivity index is 1.17. The number of halogens is 1. The van der Waals surface area contributed by atoms with Crippen LogP contribution in [0.1, 0.15) is 115 Å². The standard InChI is InChI=1S/C28H43I/c1-2-3-4-21-5-7-22(8-6-21)23-9-11-24(12-10-23)25-13-15-26(16-14-25)27-17-19-28(29)20-18-27/h17-26H,2-16H2,1H3/t21-,22-,23-,24-,25-,26-. The summed E-state index contributed by atoms with van der Waals surface area (Å²) in [5, 5.41) is 0. The van der Waals surface area contributed by atoms with Crippen LogP contribution in [0.4, 0.5) is 0 Å². The molecule has 162 valence electrons. The van der Waals surface area contributed by atoms with Gasteiger partial charge in [-0.25, -0.2) is 0 Å². The Bertz CT molecular complexity index is 581. The minimum absolute atomic E-state index is 0.836. The number of unbranched alkanes of at least 4 members (excludes halogenated alkanes) is 1. The summed E-state index contributed by atoms with van der Waals surface area (Å²) in [6.07, 6.45) is 22.7. The lowest BCUT2D eigenvalue weighted by atomic mass is 9.64. The summed E-state index contributed by atoms with van der Waals surface area (Å²) in [6, 6.07) is 9.35. The number of rotatable bonds is 6. The van der Waals surface area contributed by atoms with E-state index in [0.29, 0.717) is 0 Å². The molecule has 29 heavy (non-hydrogen) atoms. The largest absolute Gasteiger partial charge is 0.0654 e. The van der Waals surface area contributed by atoms with Gasteiger partial charge in [0.15, 0.2) is 0 Å². The molecule has 0 spiro atoms. The van der Waals surface area contributed by atoms with E-state index in [1.807, 2.05) is 0 Å². The molecule has 0 atom stereocenters. The molecule has 0 aliphatic heterocycles. The highest BCUT2D eigenvalue weighted by Crippen LogP contribution is 2.47. The summed E-state index contributed by atoms with van der Waals surface area (Å²) in [5.41, 5.74) is 1.60. The van der Waals surface area contributed by atoms with Gasteiger partial charge in [0.1, 0.15) is 0 Å². The molecule has 3 saturated carbocycles. The third-order valence-electron chi connectivity index (χ3n) is 9.12. The van der Waals surface area contributed by atoms with Gasteiger partial charge >= 0.3 is 0 Å². The molecule has 1 aromatic rings. The van der Waals surface area contributed by atoms with Gasteiger partial charge in [0.2, 0.25) is 0 Å². The van der Waals surface area contributed by atoms with Gasteiger partial charge in [-0.2, -0.15) is 0 Å². The Kier molecular flexibility index (Phi) is 8.41. The Morgan fingerprint density at radius 3 is 1.59 bits per heavy atom. The third-order valence-corrected chi connectivity index (χ3v) is 9.84. The van der Waals surface area contributed by atoms with Crippen molar-refractivity contribution in [3.63, 3.8) is 0 Å². The minimum Gasteiger partial charge on any atom is -0.0654 e. The monoisotopic (exact) mass is 506 g/mol. The van der Waals surface area contributed by atoms with Crippen molar-refractivity contribution in [1.82, 2.24) is 0 Å². The maximum Gasteiger partial charge on any atom is 0.0130 e. The van der Waals surface area contributed by atoms with Gasteiger partial charge in [-0.1, -0.05) is 51.2 Å². The summed E-state index contributed by atoms with van der Waals surface area (Å²) in [4.78, 5) is 0. The molecule has 0 bridgehead atoms. The van der Waals surface area contributed by atoms with Crippen LogP contribution in [0.15, 0.2) is 24.3 Å². The predicted molar refractivity (Wildman–Crippen MR) is 134 cm³/mol. The maximum atomic E-state index is 2.42. The third kappa shape index (κ3) is 6.01. The van der Waals surface area contributed by atoms with Crippen LogP contribution in [0.25, 0.3) is 0 Å². The molecule has 1 aromatic carbocycles. The average molecular weight is 507 g/mol. The number of benzene rings is 1. The van der Waals surface area contributed by atoms with Gasteiger partial charge in [-0.3, -0.25) is 0 Å². The normalized spacial score (nSPS) is 36.1. The topological polar surface area (TPSA) is 0 Å². The second-order valence-electron chi connectivity index (χ2n) is 10.8. The van der Waals surface area contributed by atoms with Crippen molar-refractivity contribution < 1.29 is 0 Å². The first-order chi connectivity index (χ1) is 14.2. The summed E-state index contributed by atoms with van der Waals surface area (Å²) in [6.45, 7) is 2.35. The van der Waals surface area contributed by atoms with E-state index in [2.05, 4.69) is 53.8 Å². The van der Waals surface area contributed by atoms with Crippen LogP contribution in [0.2, 0.25) is 0 Å². The molecule has 0 N–H and O–H groups in total. The fourth-order valence-corrected chi connectivity index (χ4v) is 7.55. The van der Waals surface area contributed by atoms with E-state index in [1.54, 1.807) is 56.9 Å². The molecule has 3 aliphatic rings. The molecule has 0 saturated heterocycles. The van der Waals surface area contributed by atoms with Crippen LogP contribution >= 0.6 is 22.6 Å². The maximum absolute atomic E-state index is 2.42. The quantitative estimate of drug-likeness (QED) is 0.337. The second-order valence-corrected chi connectivity index (χ2v) is 12.0. The van der Waals surface area contributed by atoms with E-state index in [0.717, 1.165) is 35.5 Å². The van der Waals surface area contributed by atoms with Crippen molar-refractivity contribution in [3.8, 4) is 0 Å². The lowest BCUT2D eigenvalue weighted by molar-refractivity contribution is 0.108. The van der Waals surface area contributed by atoms with Crippen molar-refractivity contribution in [3.05, 3.63) is 33.4 Å². The van der Waals surface area contributed by atoms with Crippen LogP contribution in [0.5, 0.6) is 0 Å². The first-order valence-electron chi connectivity index (χ1n) is 13.0. The zero-order valence-corrected chi connectivity index (χ0v) is 20.9. The SMILES string of the molecule is CCCC[C@H]1CC[C@H]([C@H]2CC[C@H]([C@H]3CC[C@H](c4ccc(I)cc4)CC3)CC2)CC1. The molecule has 0 unspecified atom stereocenters. The number of hydrogen-bond acceptors (Lipinski definition) is 0. The van der Waals surface area contributed by atoms with E-state index in [4.69, 9.17) is 0 Å². The Morgan fingerprint density at radius 1 is 0.655 bits per heavy atom. The molecular weight excluding hydrogens is 463 g/mol. The fourth-order valence-electron chi connectivity index (χ4n) is 7.19. The molecule has 0 heterocycles. The van der Waals surface area contributed by atoms with Gasteiger partial charge in [0.05, 0.1) is 0 Å². The van der Waals surface area contributed by atoms with Gasteiger partial charge < -0.3 is 0 Å². The van der Waals surface area contributed by atoms with Crippen LogP contribution in [0.3, 0.4) is 0 Å². The van der Waals surface area contributed by atoms with Crippen molar-refractivity contribution in [2.24, 2.45) is 29.6 Å². The zero-order chi connectivity index (χ0) is 20.1. The summed E-state index contributed by atoms with van der Waals surface area (Å²) >= 11 is 2.42. The smallest absolute Gasteiger partial charge is 0.0130 e. The molecule has 0 radical (unpaired) electrons. The minimum atomic E-state index is 0.836. The Labute approximate surface area is 194 Å². The molecular formula is C28H43I. The molecule has 3 fully saturated rings. The Morgan fingerprint density at radius 2 is 1.10 bits per heavy atom. The van der Waals surface area contributed by atoms with Gasteiger partial charge in [0.25, 0.3) is 0 Å². The summed E-state index contributed by atoms with van der Waals surface area (Å²) in [5.74, 6) is 6.19. The number of hydrogen-bond donors (Lipinski definition) is 0.